The monoisotopic (exact) mass is 246 g/mol. The fraction of sp³-hybridized carbons (Fsp3) is 0.200. The minimum absolute atomic E-state index is 0.140. The van der Waals surface area contributed by atoms with Gasteiger partial charge in [0.2, 0.25) is 0 Å². The Balaban J connectivity index is 2.21. The Morgan fingerprint density at radius 1 is 1.11 bits per heavy atom. The Kier molecular flexibility index (Phi) is 3.95. The van der Waals surface area contributed by atoms with Crippen molar-refractivity contribution in [2.24, 2.45) is 0 Å². The van der Waals surface area contributed by atoms with Crippen LogP contribution in [0.2, 0.25) is 0 Å². The van der Waals surface area contributed by atoms with E-state index >= 15 is 0 Å². The molecule has 18 heavy (non-hydrogen) atoms. The molecule has 0 fully saturated rings. The van der Waals surface area contributed by atoms with Crippen LogP contribution in [0.15, 0.2) is 42.5 Å². The molecule has 2 aromatic carbocycles. The standard InChI is InChI=1S/C15H15FO2/c1-11-7-8-13(9-17)15(14(11)16)18-10-12-5-3-2-4-6-12/h2-8,17H,9-10H2,1H3. The van der Waals surface area contributed by atoms with E-state index in [0.29, 0.717) is 11.1 Å². The minimum Gasteiger partial charge on any atom is -0.485 e. The van der Waals surface area contributed by atoms with Gasteiger partial charge in [0.25, 0.3) is 0 Å². The number of rotatable bonds is 4. The number of aliphatic hydroxyl groups is 1. The molecule has 0 saturated heterocycles. The van der Waals surface area contributed by atoms with Gasteiger partial charge in [-0.25, -0.2) is 4.39 Å². The van der Waals surface area contributed by atoms with Crippen LogP contribution in [0.1, 0.15) is 16.7 Å². The molecule has 0 radical (unpaired) electrons. The molecule has 2 aromatic rings. The number of halogens is 1. The van der Waals surface area contributed by atoms with E-state index in [9.17, 15) is 9.50 Å². The molecule has 0 spiro atoms. The van der Waals surface area contributed by atoms with Crippen LogP contribution in [0.3, 0.4) is 0 Å². The molecule has 2 rings (SSSR count). The van der Waals surface area contributed by atoms with Crippen LogP contribution in [-0.2, 0) is 13.2 Å². The Hall–Kier alpha value is -1.87. The lowest BCUT2D eigenvalue weighted by Gasteiger charge is -2.12. The van der Waals surface area contributed by atoms with Crippen molar-refractivity contribution in [3.63, 3.8) is 0 Å². The second kappa shape index (κ2) is 5.65. The lowest BCUT2D eigenvalue weighted by atomic mass is 10.1. The molecule has 0 aliphatic carbocycles. The predicted molar refractivity (Wildman–Crippen MR) is 67.8 cm³/mol. The summed E-state index contributed by atoms with van der Waals surface area (Å²) >= 11 is 0. The Morgan fingerprint density at radius 3 is 2.50 bits per heavy atom. The Morgan fingerprint density at radius 2 is 1.83 bits per heavy atom. The summed E-state index contributed by atoms with van der Waals surface area (Å²) in [6.45, 7) is 1.72. The van der Waals surface area contributed by atoms with Crippen LogP contribution in [0.25, 0.3) is 0 Å². The van der Waals surface area contributed by atoms with Gasteiger partial charge in [-0.1, -0.05) is 42.5 Å². The molecule has 0 saturated carbocycles. The van der Waals surface area contributed by atoms with Crippen LogP contribution in [0.5, 0.6) is 5.75 Å². The summed E-state index contributed by atoms with van der Waals surface area (Å²) in [6, 6.07) is 12.8. The maximum Gasteiger partial charge on any atom is 0.168 e. The first-order valence-corrected chi connectivity index (χ1v) is 5.78. The average molecular weight is 246 g/mol. The second-order valence-electron chi connectivity index (χ2n) is 4.12. The number of ether oxygens (including phenoxy) is 1. The number of aryl methyl sites for hydroxylation is 1. The van der Waals surface area contributed by atoms with E-state index in [-0.39, 0.29) is 19.0 Å². The maximum absolute atomic E-state index is 13.9. The lowest BCUT2D eigenvalue weighted by Crippen LogP contribution is -2.02. The fourth-order valence-corrected chi connectivity index (χ4v) is 1.70. The molecule has 0 bridgehead atoms. The van der Waals surface area contributed by atoms with Crippen LogP contribution in [-0.4, -0.2) is 5.11 Å². The van der Waals surface area contributed by atoms with E-state index in [2.05, 4.69) is 0 Å². The van der Waals surface area contributed by atoms with Crippen molar-refractivity contribution < 1.29 is 14.2 Å². The van der Waals surface area contributed by atoms with Crippen molar-refractivity contribution in [2.75, 3.05) is 0 Å². The number of hydrogen-bond donors (Lipinski definition) is 1. The van der Waals surface area contributed by atoms with Gasteiger partial charge in [-0.3, -0.25) is 0 Å². The largest absolute Gasteiger partial charge is 0.485 e. The van der Waals surface area contributed by atoms with Gasteiger partial charge >= 0.3 is 0 Å². The van der Waals surface area contributed by atoms with Crippen LogP contribution in [0.4, 0.5) is 4.39 Å². The van der Waals surface area contributed by atoms with Crippen LogP contribution < -0.4 is 4.74 Å². The highest BCUT2D eigenvalue weighted by Crippen LogP contribution is 2.26. The first kappa shape index (κ1) is 12.6. The molecule has 0 aromatic heterocycles. The summed E-state index contributed by atoms with van der Waals surface area (Å²) in [5.74, 6) is -0.265. The van der Waals surface area contributed by atoms with Gasteiger partial charge in [-0.2, -0.15) is 0 Å². The Labute approximate surface area is 106 Å². The van der Waals surface area contributed by atoms with E-state index in [1.165, 1.54) is 0 Å². The summed E-state index contributed by atoms with van der Waals surface area (Å²) in [5.41, 5.74) is 1.94. The molecule has 3 heteroatoms. The molecule has 0 amide bonds. The third-order valence-corrected chi connectivity index (χ3v) is 2.77. The normalized spacial score (nSPS) is 10.4. The summed E-state index contributed by atoms with van der Waals surface area (Å²) in [7, 11) is 0. The summed E-state index contributed by atoms with van der Waals surface area (Å²) in [6.07, 6.45) is 0. The highest BCUT2D eigenvalue weighted by Gasteiger charge is 2.12. The molecule has 0 heterocycles. The molecular weight excluding hydrogens is 231 g/mol. The number of benzene rings is 2. The smallest absolute Gasteiger partial charge is 0.168 e. The van der Waals surface area contributed by atoms with Crippen molar-refractivity contribution in [1.82, 2.24) is 0 Å². The summed E-state index contributed by atoms with van der Waals surface area (Å²) in [5, 5.41) is 9.18. The minimum atomic E-state index is -0.405. The van der Waals surface area contributed by atoms with Crippen LogP contribution in [0, 0.1) is 12.7 Å². The summed E-state index contributed by atoms with van der Waals surface area (Å²) < 4.78 is 19.4. The van der Waals surface area contributed by atoms with E-state index in [1.54, 1.807) is 19.1 Å². The number of hydrogen-bond acceptors (Lipinski definition) is 2. The molecule has 94 valence electrons. The molecule has 1 N–H and O–H groups in total. The Bertz CT molecular complexity index is 524. The van der Waals surface area contributed by atoms with E-state index < -0.39 is 5.82 Å². The fourth-order valence-electron chi connectivity index (χ4n) is 1.70. The van der Waals surface area contributed by atoms with Crippen molar-refractivity contribution in [3.05, 3.63) is 65.0 Å². The third-order valence-electron chi connectivity index (χ3n) is 2.77. The van der Waals surface area contributed by atoms with E-state index in [4.69, 9.17) is 4.74 Å². The molecular formula is C15H15FO2. The van der Waals surface area contributed by atoms with Crippen LogP contribution >= 0.6 is 0 Å². The van der Waals surface area contributed by atoms with Crippen molar-refractivity contribution >= 4 is 0 Å². The van der Waals surface area contributed by atoms with Gasteiger partial charge in [-0.15, -0.1) is 0 Å². The SMILES string of the molecule is Cc1ccc(CO)c(OCc2ccccc2)c1F. The van der Waals surface area contributed by atoms with E-state index in [1.807, 2.05) is 30.3 Å². The highest BCUT2D eigenvalue weighted by molar-refractivity contribution is 5.38. The van der Waals surface area contributed by atoms with Crippen molar-refractivity contribution in [2.45, 2.75) is 20.1 Å². The van der Waals surface area contributed by atoms with E-state index in [0.717, 1.165) is 5.56 Å². The topological polar surface area (TPSA) is 29.5 Å². The zero-order valence-electron chi connectivity index (χ0n) is 10.2. The van der Waals surface area contributed by atoms with Crippen molar-refractivity contribution in [1.29, 1.82) is 0 Å². The van der Waals surface area contributed by atoms with Gasteiger partial charge in [0.15, 0.2) is 11.6 Å². The van der Waals surface area contributed by atoms with Gasteiger partial charge in [0.05, 0.1) is 6.61 Å². The molecule has 0 aliphatic rings. The third kappa shape index (κ3) is 2.68. The summed E-state index contributed by atoms with van der Waals surface area (Å²) in [4.78, 5) is 0. The van der Waals surface area contributed by atoms with Gasteiger partial charge in [-0.05, 0) is 18.1 Å². The van der Waals surface area contributed by atoms with Crippen molar-refractivity contribution in [3.8, 4) is 5.75 Å². The molecule has 2 nitrogen and oxygen atoms in total. The van der Waals surface area contributed by atoms with Gasteiger partial charge in [0, 0.05) is 5.56 Å². The second-order valence-corrected chi connectivity index (χ2v) is 4.12. The molecule has 0 aliphatic heterocycles. The molecule has 0 atom stereocenters. The average Bonchev–Trinajstić information content (AvgIpc) is 2.41. The van der Waals surface area contributed by atoms with Gasteiger partial charge in [0.1, 0.15) is 6.61 Å². The molecule has 0 unspecified atom stereocenters. The maximum atomic E-state index is 13.9. The first-order chi connectivity index (χ1) is 8.72. The zero-order chi connectivity index (χ0) is 13.0. The highest BCUT2D eigenvalue weighted by atomic mass is 19.1. The lowest BCUT2D eigenvalue weighted by molar-refractivity contribution is 0.251. The quantitative estimate of drug-likeness (QED) is 0.897. The van der Waals surface area contributed by atoms with Gasteiger partial charge < -0.3 is 9.84 Å². The predicted octanol–water partition coefficient (Wildman–Crippen LogP) is 3.21. The zero-order valence-corrected chi connectivity index (χ0v) is 10.2. The number of aliphatic hydroxyl groups excluding tert-OH is 1. The first-order valence-electron chi connectivity index (χ1n) is 5.78.